The minimum atomic E-state index is -3.81. The number of carbonyl (C=O) groups is 1. The van der Waals surface area contributed by atoms with Gasteiger partial charge in [0.2, 0.25) is 10.0 Å². The maximum absolute atomic E-state index is 13.3. The SMILES string of the molecule is NS(=O)(=O)c1ccc2c(c1)N(C(=O)c1cc3c(s1)-c1ccccc1CC3)CC2. The molecule has 142 valence electrons. The summed E-state index contributed by atoms with van der Waals surface area (Å²) < 4.78 is 23.4. The number of benzene rings is 2. The van der Waals surface area contributed by atoms with Gasteiger partial charge in [-0.25, -0.2) is 13.6 Å². The van der Waals surface area contributed by atoms with Crippen molar-refractivity contribution in [3.63, 3.8) is 0 Å². The van der Waals surface area contributed by atoms with Crippen LogP contribution >= 0.6 is 11.3 Å². The molecule has 0 atom stereocenters. The second kappa shape index (κ2) is 6.27. The summed E-state index contributed by atoms with van der Waals surface area (Å²) in [6, 6.07) is 15.1. The van der Waals surface area contributed by atoms with Gasteiger partial charge >= 0.3 is 0 Å². The number of nitrogens with zero attached hydrogens (tertiary/aromatic N) is 1. The number of thiophene rings is 1. The molecule has 28 heavy (non-hydrogen) atoms. The number of rotatable bonds is 2. The molecule has 1 aliphatic heterocycles. The van der Waals surface area contributed by atoms with E-state index in [0.29, 0.717) is 23.5 Å². The Hall–Kier alpha value is -2.48. The summed E-state index contributed by atoms with van der Waals surface area (Å²) in [5, 5.41) is 5.27. The standard InChI is InChI=1S/C21H18N2O3S2/c22-28(25,26)16-8-7-14-9-10-23(18(14)12-16)21(24)19-11-15-6-5-13-3-1-2-4-17(13)20(15)27-19/h1-4,7-8,11-12H,5-6,9-10H2,(H2,22,25,26). The Morgan fingerprint density at radius 2 is 1.75 bits per heavy atom. The first kappa shape index (κ1) is 17.6. The Labute approximate surface area is 167 Å². The van der Waals surface area contributed by atoms with E-state index in [4.69, 9.17) is 5.14 Å². The predicted molar refractivity (Wildman–Crippen MR) is 110 cm³/mol. The number of nitrogens with two attached hydrogens (primary N) is 1. The van der Waals surface area contributed by atoms with Crippen molar-refractivity contribution in [1.82, 2.24) is 0 Å². The molecule has 5 nitrogen and oxygen atoms in total. The molecule has 1 aromatic heterocycles. The Balaban J connectivity index is 1.53. The molecular weight excluding hydrogens is 392 g/mol. The lowest BCUT2D eigenvalue weighted by molar-refractivity contribution is 0.0993. The smallest absolute Gasteiger partial charge is 0.268 e. The van der Waals surface area contributed by atoms with Gasteiger partial charge < -0.3 is 4.90 Å². The number of hydrogen-bond donors (Lipinski definition) is 1. The number of hydrogen-bond acceptors (Lipinski definition) is 4. The van der Waals surface area contributed by atoms with Crippen molar-refractivity contribution in [2.75, 3.05) is 11.4 Å². The van der Waals surface area contributed by atoms with Crippen LogP contribution in [0.5, 0.6) is 0 Å². The lowest BCUT2D eigenvalue weighted by Crippen LogP contribution is -2.28. The second-order valence-electron chi connectivity index (χ2n) is 7.16. The van der Waals surface area contributed by atoms with E-state index in [1.165, 1.54) is 45.0 Å². The second-order valence-corrected chi connectivity index (χ2v) is 9.78. The zero-order chi connectivity index (χ0) is 19.5. The third-order valence-electron chi connectivity index (χ3n) is 5.47. The van der Waals surface area contributed by atoms with Crippen LogP contribution in [-0.2, 0) is 29.3 Å². The maximum atomic E-state index is 13.3. The van der Waals surface area contributed by atoms with Crippen molar-refractivity contribution in [1.29, 1.82) is 0 Å². The highest BCUT2D eigenvalue weighted by Crippen LogP contribution is 2.41. The van der Waals surface area contributed by atoms with Crippen LogP contribution in [-0.4, -0.2) is 20.9 Å². The van der Waals surface area contributed by atoms with E-state index in [1.54, 1.807) is 11.0 Å². The van der Waals surface area contributed by atoms with Crippen molar-refractivity contribution in [3.8, 4) is 10.4 Å². The Morgan fingerprint density at radius 1 is 0.964 bits per heavy atom. The quantitative estimate of drug-likeness (QED) is 0.703. The number of carbonyl (C=O) groups excluding carboxylic acids is 1. The van der Waals surface area contributed by atoms with Crippen LogP contribution in [0.25, 0.3) is 10.4 Å². The molecule has 2 aliphatic rings. The summed E-state index contributed by atoms with van der Waals surface area (Å²) in [6.45, 7) is 0.543. The van der Waals surface area contributed by atoms with Crippen molar-refractivity contribution < 1.29 is 13.2 Å². The van der Waals surface area contributed by atoms with Gasteiger partial charge in [0, 0.05) is 17.1 Å². The highest BCUT2D eigenvalue weighted by atomic mass is 32.2. The number of primary sulfonamides is 1. The van der Waals surface area contributed by atoms with Gasteiger partial charge in [-0.05, 0) is 59.7 Å². The van der Waals surface area contributed by atoms with E-state index in [-0.39, 0.29) is 10.8 Å². The van der Waals surface area contributed by atoms with Crippen LogP contribution in [0.3, 0.4) is 0 Å². The van der Waals surface area contributed by atoms with Crippen LogP contribution < -0.4 is 10.0 Å². The molecule has 0 spiro atoms. The summed E-state index contributed by atoms with van der Waals surface area (Å²) in [5.74, 6) is -0.0813. The average molecular weight is 411 g/mol. The molecule has 0 radical (unpaired) electrons. The van der Waals surface area contributed by atoms with Crippen LogP contribution in [0.4, 0.5) is 5.69 Å². The summed E-state index contributed by atoms with van der Waals surface area (Å²) in [7, 11) is -3.81. The zero-order valence-corrected chi connectivity index (χ0v) is 16.6. The summed E-state index contributed by atoms with van der Waals surface area (Å²) in [5.41, 5.74) is 5.35. The monoisotopic (exact) mass is 410 g/mol. The van der Waals surface area contributed by atoms with Gasteiger partial charge in [-0.2, -0.15) is 0 Å². The maximum Gasteiger partial charge on any atom is 0.268 e. The highest BCUT2D eigenvalue weighted by Gasteiger charge is 2.29. The predicted octanol–water partition coefficient (Wildman–Crippen LogP) is 3.36. The molecule has 0 bridgehead atoms. The van der Waals surface area contributed by atoms with Gasteiger partial charge in [-0.15, -0.1) is 11.3 Å². The van der Waals surface area contributed by atoms with Crippen molar-refractivity contribution in [3.05, 3.63) is 70.1 Å². The van der Waals surface area contributed by atoms with E-state index < -0.39 is 10.0 Å². The first-order chi connectivity index (χ1) is 13.4. The topological polar surface area (TPSA) is 80.5 Å². The molecule has 2 aromatic carbocycles. The van der Waals surface area contributed by atoms with E-state index in [0.717, 1.165) is 18.4 Å². The molecule has 0 fully saturated rings. The van der Waals surface area contributed by atoms with Gasteiger partial charge in [0.15, 0.2) is 0 Å². The molecule has 1 amide bonds. The van der Waals surface area contributed by atoms with Crippen LogP contribution in [0, 0.1) is 0 Å². The highest BCUT2D eigenvalue weighted by molar-refractivity contribution is 7.89. The van der Waals surface area contributed by atoms with Crippen LogP contribution in [0.2, 0.25) is 0 Å². The summed E-state index contributed by atoms with van der Waals surface area (Å²) in [6.07, 6.45) is 2.62. The van der Waals surface area contributed by atoms with E-state index in [1.807, 2.05) is 18.2 Å². The third kappa shape index (κ3) is 2.78. The molecular formula is C21H18N2O3S2. The number of aryl methyl sites for hydroxylation is 2. The van der Waals surface area contributed by atoms with Crippen LogP contribution in [0.1, 0.15) is 26.4 Å². The molecule has 0 saturated carbocycles. The first-order valence-electron chi connectivity index (χ1n) is 9.10. The summed E-state index contributed by atoms with van der Waals surface area (Å²) in [4.78, 5) is 16.8. The zero-order valence-electron chi connectivity index (χ0n) is 15.0. The fourth-order valence-corrected chi connectivity index (χ4v) is 5.81. The lowest BCUT2D eigenvalue weighted by atomic mass is 9.91. The summed E-state index contributed by atoms with van der Waals surface area (Å²) >= 11 is 1.52. The molecule has 2 N–H and O–H groups in total. The average Bonchev–Trinajstić information content (AvgIpc) is 3.30. The largest absolute Gasteiger partial charge is 0.307 e. The number of sulfonamides is 1. The molecule has 0 unspecified atom stereocenters. The number of fused-ring (bicyclic) bond motifs is 4. The van der Waals surface area contributed by atoms with Gasteiger partial charge in [0.1, 0.15) is 0 Å². The lowest BCUT2D eigenvalue weighted by Gasteiger charge is -2.17. The van der Waals surface area contributed by atoms with Crippen molar-refractivity contribution in [2.24, 2.45) is 5.14 Å². The Morgan fingerprint density at radius 3 is 2.57 bits per heavy atom. The fourth-order valence-electron chi connectivity index (χ4n) is 4.06. The molecule has 3 aromatic rings. The minimum Gasteiger partial charge on any atom is -0.307 e. The molecule has 0 saturated heterocycles. The normalized spacial score (nSPS) is 15.1. The number of anilines is 1. The molecule has 7 heteroatoms. The molecule has 5 rings (SSSR count). The fraction of sp³-hybridized carbons (Fsp3) is 0.190. The van der Waals surface area contributed by atoms with Crippen molar-refractivity contribution >= 4 is 33.0 Å². The Kier molecular flexibility index (Phi) is 3.94. The van der Waals surface area contributed by atoms with Crippen molar-refractivity contribution in [2.45, 2.75) is 24.2 Å². The number of amides is 1. The Bertz CT molecular complexity index is 1230. The van der Waals surface area contributed by atoms with Gasteiger partial charge in [-0.3, -0.25) is 4.79 Å². The van der Waals surface area contributed by atoms with E-state index >= 15 is 0 Å². The van der Waals surface area contributed by atoms with Crippen LogP contribution in [0.15, 0.2) is 53.4 Å². The third-order valence-corrected chi connectivity index (χ3v) is 7.58. The molecule has 2 heterocycles. The first-order valence-corrected chi connectivity index (χ1v) is 11.5. The van der Waals surface area contributed by atoms with Gasteiger partial charge in [0.25, 0.3) is 5.91 Å². The van der Waals surface area contributed by atoms with Gasteiger partial charge in [-0.1, -0.05) is 30.3 Å². The molecule has 1 aliphatic carbocycles. The van der Waals surface area contributed by atoms with Gasteiger partial charge in [0.05, 0.1) is 9.77 Å². The van der Waals surface area contributed by atoms with E-state index in [9.17, 15) is 13.2 Å². The minimum absolute atomic E-state index is 0.0327. The van der Waals surface area contributed by atoms with E-state index in [2.05, 4.69) is 12.1 Å².